The van der Waals surface area contributed by atoms with E-state index in [4.69, 9.17) is 4.74 Å². The lowest BCUT2D eigenvalue weighted by atomic mass is 9.85. The Bertz CT molecular complexity index is 1310. The molecule has 1 aliphatic rings. The highest BCUT2D eigenvalue weighted by Gasteiger charge is 2.60. The van der Waals surface area contributed by atoms with Gasteiger partial charge in [-0.1, -0.05) is 102 Å². The van der Waals surface area contributed by atoms with Crippen molar-refractivity contribution in [1.82, 2.24) is 5.43 Å². The van der Waals surface area contributed by atoms with E-state index in [1.165, 1.54) is 22.3 Å². The Morgan fingerprint density at radius 1 is 0.861 bits per heavy atom. The Balaban J connectivity index is 1.30. The number of amides is 1. The third kappa shape index (κ3) is 4.94. The van der Waals surface area contributed by atoms with Crippen LogP contribution in [0.1, 0.15) is 39.8 Å². The largest absolute Gasteiger partial charge is 0.488 e. The van der Waals surface area contributed by atoms with Gasteiger partial charge in [0.25, 0.3) is 0 Å². The summed E-state index contributed by atoms with van der Waals surface area (Å²) in [7, 11) is 0. The fourth-order valence-corrected chi connectivity index (χ4v) is 4.78. The van der Waals surface area contributed by atoms with E-state index < -0.39 is 0 Å². The maximum absolute atomic E-state index is 13.2. The molecule has 0 spiro atoms. The van der Waals surface area contributed by atoms with Gasteiger partial charge in [-0.25, -0.2) is 5.43 Å². The van der Waals surface area contributed by atoms with Gasteiger partial charge < -0.3 is 4.74 Å². The highest BCUT2D eigenvalue weighted by Crippen LogP contribution is 2.59. The number of para-hydroxylation sites is 1. The van der Waals surface area contributed by atoms with Crippen LogP contribution in [0.15, 0.2) is 108 Å². The summed E-state index contributed by atoms with van der Waals surface area (Å²) in [6.07, 6.45) is 2.41. The number of hydrogen-bond donors (Lipinski definition) is 1. The second-order valence-corrected chi connectivity index (χ2v) is 9.51. The monoisotopic (exact) mass is 474 g/mol. The summed E-state index contributed by atoms with van der Waals surface area (Å²) in [5, 5.41) is 4.30. The average Bonchev–Trinajstić information content (AvgIpc) is 3.66. The molecule has 1 saturated carbocycles. The van der Waals surface area contributed by atoms with Crippen LogP contribution in [0.4, 0.5) is 0 Å². The van der Waals surface area contributed by atoms with Gasteiger partial charge in [0.15, 0.2) is 0 Å². The predicted molar refractivity (Wildman–Crippen MR) is 144 cm³/mol. The Kier molecular flexibility index (Phi) is 6.68. The van der Waals surface area contributed by atoms with Crippen LogP contribution >= 0.6 is 0 Å². The number of benzene rings is 4. The lowest BCUT2D eigenvalue weighted by Crippen LogP contribution is -2.25. The fraction of sp³-hybridized carbons (Fsp3) is 0.188. The molecular formula is C32H30N2O2. The van der Waals surface area contributed by atoms with Crippen LogP contribution in [0, 0.1) is 19.8 Å². The summed E-state index contributed by atoms with van der Waals surface area (Å²) in [6.45, 7) is 4.63. The molecule has 4 aromatic rings. The summed E-state index contributed by atoms with van der Waals surface area (Å²) < 4.78 is 6.00. The first-order chi connectivity index (χ1) is 17.6. The van der Waals surface area contributed by atoms with Crippen LogP contribution in [-0.4, -0.2) is 12.1 Å². The van der Waals surface area contributed by atoms with Gasteiger partial charge in [-0.2, -0.15) is 5.10 Å². The minimum atomic E-state index is -0.322. The molecule has 4 heteroatoms. The Labute approximate surface area is 212 Å². The van der Waals surface area contributed by atoms with Crippen LogP contribution in [0.2, 0.25) is 0 Å². The van der Waals surface area contributed by atoms with E-state index in [2.05, 4.69) is 72.9 Å². The molecule has 36 heavy (non-hydrogen) atoms. The molecule has 0 radical (unpaired) electrons. The Morgan fingerprint density at radius 2 is 1.44 bits per heavy atom. The van der Waals surface area contributed by atoms with Gasteiger partial charge in [-0.05, 0) is 49.1 Å². The van der Waals surface area contributed by atoms with Crippen LogP contribution < -0.4 is 10.2 Å². The molecule has 0 heterocycles. The van der Waals surface area contributed by atoms with Gasteiger partial charge in [0.05, 0.1) is 12.1 Å². The molecule has 0 saturated heterocycles. The minimum Gasteiger partial charge on any atom is -0.488 e. The summed E-state index contributed by atoms with van der Waals surface area (Å²) >= 11 is 0. The smallest absolute Gasteiger partial charge is 0.244 e. The summed E-state index contributed by atoms with van der Waals surface area (Å²) in [6, 6.07) is 34.8. The van der Waals surface area contributed by atoms with Crippen molar-refractivity contribution in [3.8, 4) is 5.75 Å². The van der Waals surface area contributed by atoms with Crippen molar-refractivity contribution >= 4 is 12.1 Å². The summed E-state index contributed by atoms with van der Waals surface area (Å²) in [5.41, 5.74) is 9.12. The summed E-state index contributed by atoms with van der Waals surface area (Å²) in [5.74, 6) is 0.471. The van der Waals surface area contributed by atoms with Gasteiger partial charge in [0, 0.05) is 11.0 Å². The number of carbonyl (C=O) groups is 1. The van der Waals surface area contributed by atoms with Crippen molar-refractivity contribution in [3.63, 3.8) is 0 Å². The average molecular weight is 475 g/mol. The zero-order valence-electron chi connectivity index (χ0n) is 20.6. The quantitative estimate of drug-likeness (QED) is 0.239. The van der Waals surface area contributed by atoms with Crippen molar-refractivity contribution in [2.75, 3.05) is 0 Å². The number of ether oxygens (including phenoxy) is 1. The van der Waals surface area contributed by atoms with E-state index in [0.29, 0.717) is 6.61 Å². The lowest BCUT2D eigenvalue weighted by molar-refractivity contribution is -0.122. The third-order valence-corrected chi connectivity index (χ3v) is 6.95. The fourth-order valence-electron chi connectivity index (χ4n) is 4.78. The molecule has 0 aliphatic heterocycles. The van der Waals surface area contributed by atoms with Crippen LogP contribution in [0.5, 0.6) is 5.75 Å². The number of rotatable bonds is 8. The molecule has 1 unspecified atom stereocenters. The number of hydrazone groups is 1. The van der Waals surface area contributed by atoms with Crippen LogP contribution in [0.25, 0.3) is 0 Å². The molecule has 0 aromatic heterocycles. The number of hydrogen-bond acceptors (Lipinski definition) is 3. The Morgan fingerprint density at radius 3 is 2.08 bits per heavy atom. The van der Waals surface area contributed by atoms with Gasteiger partial charge in [-0.15, -0.1) is 0 Å². The standard InChI is InChI=1S/C32H30N2O2/c1-23-12-16-27(17-13-23)32(28-18-14-24(2)15-19-28)20-29(32)31(35)34-33-21-26-10-6-7-11-30(26)36-22-25-8-4-3-5-9-25/h3-19,21,29H,20,22H2,1-2H3,(H,34,35)/b33-21+. The molecular weight excluding hydrogens is 444 g/mol. The van der Waals surface area contributed by atoms with E-state index >= 15 is 0 Å². The highest BCUT2D eigenvalue weighted by atomic mass is 16.5. The Hall–Kier alpha value is -4.18. The van der Waals surface area contributed by atoms with Crippen molar-refractivity contribution < 1.29 is 9.53 Å². The molecule has 5 rings (SSSR count). The van der Waals surface area contributed by atoms with E-state index in [1.807, 2.05) is 54.6 Å². The van der Waals surface area contributed by atoms with Gasteiger partial charge in [-0.3, -0.25) is 4.79 Å². The molecule has 4 nitrogen and oxygen atoms in total. The molecule has 1 atom stereocenters. The molecule has 180 valence electrons. The van der Waals surface area contributed by atoms with Gasteiger partial charge in [0.1, 0.15) is 12.4 Å². The van der Waals surface area contributed by atoms with Crippen molar-refractivity contribution in [2.24, 2.45) is 11.0 Å². The topological polar surface area (TPSA) is 50.7 Å². The van der Waals surface area contributed by atoms with E-state index in [9.17, 15) is 4.79 Å². The van der Waals surface area contributed by atoms with Crippen molar-refractivity contribution in [1.29, 1.82) is 0 Å². The zero-order chi connectivity index (χ0) is 25.0. The first kappa shape index (κ1) is 23.6. The zero-order valence-corrected chi connectivity index (χ0v) is 20.6. The molecule has 1 aliphatic carbocycles. The molecule has 1 amide bonds. The van der Waals surface area contributed by atoms with Crippen molar-refractivity contribution in [2.45, 2.75) is 32.3 Å². The molecule has 1 N–H and O–H groups in total. The first-order valence-corrected chi connectivity index (χ1v) is 12.3. The number of nitrogens with zero attached hydrogens (tertiary/aromatic N) is 1. The maximum Gasteiger partial charge on any atom is 0.244 e. The van der Waals surface area contributed by atoms with E-state index in [0.717, 1.165) is 23.3 Å². The molecule has 0 bridgehead atoms. The van der Waals surface area contributed by atoms with Crippen LogP contribution in [0.3, 0.4) is 0 Å². The predicted octanol–water partition coefficient (Wildman–Crippen LogP) is 6.34. The SMILES string of the molecule is Cc1ccc(C2(c3ccc(C)cc3)CC2C(=O)N/N=C/c2ccccc2OCc2ccccc2)cc1. The van der Waals surface area contributed by atoms with Gasteiger partial charge in [0.2, 0.25) is 5.91 Å². The van der Waals surface area contributed by atoms with E-state index in [-0.39, 0.29) is 17.2 Å². The minimum absolute atomic E-state index is 0.0740. The number of carbonyl (C=O) groups excluding carboxylic acids is 1. The van der Waals surface area contributed by atoms with E-state index in [1.54, 1.807) is 6.21 Å². The first-order valence-electron chi connectivity index (χ1n) is 12.3. The highest BCUT2D eigenvalue weighted by molar-refractivity contribution is 5.88. The number of aryl methyl sites for hydroxylation is 2. The normalized spacial score (nSPS) is 16.0. The van der Waals surface area contributed by atoms with Crippen molar-refractivity contribution in [3.05, 3.63) is 137 Å². The maximum atomic E-state index is 13.2. The lowest BCUT2D eigenvalue weighted by Gasteiger charge is -2.19. The third-order valence-electron chi connectivity index (χ3n) is 6.95. The summed E-state index contributed by atoms with van der Waals surface area (Å²) in [4.78, 5) is 13.2. The molecule has 1 fully saturated rings. The van der Waals surface area contributed by atoms with Gasteiger partial charge >= 0.3 is 0 Å². The second-order valence-electron chi connectivity index (χ2n) is 9.51. The number of nitrogens with one attached hydrogen (secondary N) is 1. The molecule has 4 aromatic carbocycles. The van der Waals surface area contributed by atoms with Crippen LogP contribution in [-0.2, 0) is 16.8 Å². The second kappa shape index (κ2) is 10.2.